The fourth-order valence-electron chi connectivity index (χ4n) is 1.48. The van der Waals surface area contributed by atoms with Gasteiger partial charge >= 0.3 is 6.18 Å². The lowest BCUT2D eigenvalue weighted by molar-refractivity contribution is -0.254. The highest BCUT2D eigenvalue weighted by Crippen LogP contribution is 2.33. The number of carbonyl (C=O) groups excluding carboxylic acids is 1. The molecule has 0 aliphatic heterocycles. The lowest BCUT2D eigenvalue weighted by atomic mass is 10.0. The Kier molecular flexibility index (Phi) is 4.57. The molecule has 1 N–H and O–H groups in total. The van der Waals surface area contributed by atoms with Crippen molar-refractivity contribution in [2.24, 2.45) is 0 Å². The van der Waals surface area contributed by atoms with Gasteiger partial charge in [0.2, 0.25) is 5.91 Å². The number of aliphatic hydroxyl groups is 1. The molecule has 3 nitrogen and oxygen atoms in total. The number of hydrogen-bond donors (Lipinski definition) is 1. The van der Waals surface area contributed by atoms with E-state index in [9.17, 15) is 23.1 Å². The minimum absolute atomic E-state index is 0.202. The molecule has 0 aliphatic rings. The van der Waals surface area contributed by atoms with Gasteiger partial charge < -0.3 is 10.0 Å². The zero-order valence-electron chi connectivity index (χ0n) is 10.7. The van der Waals surface area contributed by atoms with Crippen LogP contribution in [0.4, 0.5) is 13.2 Å². The van der Waals surface area contributed by atoms with Crippen LogP contribution in [0.15, 0.2) is 30.3 Å². The van der Waals surface area contributed by atoms with Crippen LogP contribution in [0.3, 0.4) is 0 Å². The molecular weight excluding hydrogens is 259 g/mol. The first-order valence-corrected chi connectivity index (χ1v) is 5.70. The summed E-state index contributed by atoms with van der Waals surface area (Å²) in [7, 11) is 1.40. The zero-order chi connectivity index (χ0) is 14.7. The summed E-state index contributed by atoms with van der Waals surface area (Å²) in [5.74, 6) is -0.758. The van der Waals surface area contributed by atoms with Crippen LogP contribution >= 0.6 is 0 Å². The van der Waals surface area contributed by atoms with Crippen molar-refractivity contribution in [1.29, 1.82) is 0 Å². The molecule has 0 bridgehead atoms. The van der Waals surface area contributed by atoms with E-state index in [1.807, 2.05) is 0 Å². The van der Waals surface area contributed by atoms with E-state index in [1.54, 1.807) is 30.3 Å². The number of rotatable bonds is 4. The van der Waals surface area contributed by atoms with Gasteiger partial charge in [-0.2, -0.15) is 13.2 Å². The van der Waals surface area contributed by atoms with Gasteiger partial charge in [-0.25, -0.2) is 0 Å². The fraction of sp³-hybridized carbons (Fsp3) is 0.462. The Morgan fingerprint density at radius 2 is 1.79 bits per heavy atom. The maximum Gasteiger partial charge on any atom is 0.417 e. The first-order chi connectivity index (χ1) is 8.63. The van der Waals surface area contributed by atoms with Gasteiger partial charge in [0.05, 0.1) is 6.42 Å². The fourth-order valence-corrected chi connectivity index (χ4v) is 1.48. The number of halogens is 3. The molecule has 0 saturated heterocycles. The van der Waals surface area contributed by atoms with Crippen molar-refractivity contribution in [1.82, 2.24) is 4.90 Å². The second-order valence-corrected chi connectivity index (χ2v) is 4.68. The second kappa shape index (κ2) is 5.61. The Hall–Kier alpha value is -1.56. The van der Waals surface area contributed by atoms with E-state index >= 15 is 0 Å². The Morgan fingerprint density at radius 1 is 1.26 bits per heavy atom. The molecule has 1 amide bonds. The zero-order valence-corrected chi connectivity index (χ0v) is 10.7. The van der Waals surface area contributed by atoms with Crippen molar-refractivity contribution < 1.29 is 23.1 Å². The van der Waals surface area contributed by atoms with E-state index in [2.05, 4.69) is 0 Å². The topological polar surface area (TPSA) is 40.5 Å². The number of carbonyl (C=O) groups is 1. The molecule has 0 heterocycles. The van der Waals surface area contributed by atoms with Crippen molar-refractivity contribution in [3.8, 4) is 0 Å². The summed E-state index contributed by atoms with van der Waals surface area (Å²) in [4.78, 5) is 12.8. The summed E-state index contributed by atoms with van der Waals surface area (Å²) in [5, 5.41) is 9.26. The number of hydrogen-bond acceptors (Lipinski definition) is 2. The van der Waals surface area contributed by atoms with E-state index in [0.717, 1.165) is 10.5 Å². The Bertz CT molecular complexity index is 429. The van der Waals surface area contributed by atoms with Crippen LogP contribution in [0.1, 0.15) is 18.9 Å². The molecule has 6 heteroatoms. The number of amides is 1. The van der Waals surface area contributed by atoms with E-state index < -0.39 is 24.1 Å². The molecule has 0 saturated carbocycles. The molecule has 1 aromatic rings. The molecule has 19 heavy (non-hydrogen) atoms. The van der Waals surface area contributed by atoms with E-state index in [1.165, 1.54) is 7.05 Å². The average molecular weight is 275 g/mol. The van der Waals surface area contributed by atoms with Gasteiger partial charge in [0.1, 0.15) is 0 Å². The number of nitrogens with zero attached hydrogens (tertiary/aromatic N) is 1. The predicted octanol–water partition coefficient (Wildman–Crippen LogP) is 2.35. The predicted molar refractivity (Wildman–Crippen MR) is 64.2 cm³/mol. The van der Waals surface area contributed by atoms with Gasteiger partial charge in [0.25, 0.3) is 0 Å². The lowest BCUT2D eigenvalue weighted by Gasteiger charge is -2.28. The largest absolute Gasteiger partial charge is 0.417 e. The maximum absolute atomic E-state index is 12.5. The van der Waals surface area contributed by atoms with Gasteiger partial charge in [0, 0.05) is 13.6 Å². The molecule has 0 spiro atoms. The summed E-state index contributed by atoms with van der Waals surface area (Å²) < 4.78 is 37.4. The summed E-state index contributed by atoms with van der Waals surface area (Å²) in [6, 6.07) is 8.90. The smallest absolute Gasteiger partial charge is 0.380 e. The third kappa shape index (κ3) is 4.24. The molecule has 0 fully saturated rings. The lowest BCUT2D eigenvalue weighted by Crippen LogP contribution is -2.46. The third-order valence-corrected chi connectivity index (χ3v) is 2.79. The first kappa shape index (κ1) is 15.5. The average Bonchev–Trinajstić information content (AvgIpc) is 2.28. The second-order valence-electron chi connectivity index (χ2n) is 4.68. The van der Waals surface area contributed by atoms with Crippen LogP contribution in [-0.2, 0) is 11.3 Å². The Balaban J connectivity index is 2.64. The summed E-state index contributed by atoms with van der Waals surface area (Å²) in [5.41, 5.74) is -2.19. The highest BCUT2D eigenvalue weighted by Gasteiger charge is 2.51. The molecule has 106 valence electrons. The molecule has 0 aromatic heterocycles. The van der Waals surface area contributed by atoms with Gasteiger partial charge in [-0.15, -0.1) is 0 Å². The van der Waals surface area contributed by atoms with Crippen LogP contribution in [0, 0.1) is 0 Å². The van der Waals surface area contributed by atoms with Gasteiger partial charge in [0.15, 0.2) is 5.60 Å². The van der Waals surface area contributed by atoms with Crippen LogP contribution in [0.2, 0.25) is 0 Å². The van der Waals surface area contributed by atoms with E-state index in [-0.39, 0.29) is 6.54 Å². The summed E-state index contributed by atoms with van der Waals surface area (Å²) in [6.45, 7) is 0.800. The van der Waals surface area contributed by atoms with Crippen molar-refractivity contribution in [2.45, 2.75) is 31.7 Å². The van der Waals surface area contributed by atoms with Gasteiger partial charge in [-0.05, 0) is 12.5 Å². The van der Waals surface area contributed by atoms with Crippen LogP contribution in [-0.4, -0.2) is 34.7 Å². The monoisotopic (exact) mass is 275 g/mol. The van der Waals surface area contributed by atoms with E-state index in [4.69, 9.17) is 0 Å². The Labute approximate surface area is 109 Å². The molecule has 0 radical (unpaired) electrons. The van der Waals surface area contributed by atoms with Crippen LogP contribution in [0.5, 0.6) is 0 Å². The minimum atomic E-state index is -4.82. The van der Waals surface area contributed by atoms with Crippen LogP contribution in [0.25, 0.3) is 0 Å². The highest BCUT2D eigenvalue weighted by atomic mass is 19.4. The number of alkyl halides is 3. The third-order valence-electron chi connectivity index (χ3n) is 2.79. The van der Waals surface area contributed by atoms with Crippen molar-refractivity contribution in [3.63, 3.8) is 0 Å². The first-order valence-electron chi connectivity index (χ1n) is 5.70. The standard InChI is InChI=1S/C13H16F3NO2/c1-12(19,13(14,15)16)8-11(18)17(2)9-10-6-4-3-5-7-10/h3-7,19H,8-9H2,1-2H3/t12-/m1/s1. The van der Waals surface area contributed by atoms with Crippen molar-refractivity contribution in [2.75, 3.05) is 7.05 Å². The molecular formula is C13H16F3NO2. The summed E-state index contributed by atoms with van der Waals surface area (Å²) >= 11 is 0. The molecule has 1 rings (SSSR count). The minimum Gasteiger partial charge on any atom is -0.380 e. The number of benzene rings is 1. The molecule has 1 atom stereocenters. The molecule has 1 aromatic carbocycles. The highest BCUT2D eigenvalue weighted by molar-refractivity contribution is 5.77. The van der Waals surface area contributed by atoms with Crippen molar-refractivity contribution >= 4 is 5.91 Å². The quantitative estimate of drug-likeness (QED) is 0.916. The Morgan fingerprint density at radius 3 is 2.26 bits per heavy atom. The van der Waals surface area contributed by atoms with Crippen LogP contribution < -0.4 is 0 Å². The molecule has 0 unspecified atom stereocenters. The van der Waals surface area contributed by atoms with Gasteiger partial charge in [-0.1, -0.05) is 30.3 Å². The normalized spacial score (nSPS) is 14.8. The SMILES string of the molecule is CN(Cc1ccccc1)C(=O)C[C@@](C)(O)C(F)(F)F. The van der Waals surface area contributed by atoms with E-state index in [0.29, 0.717) is 6.92 Å². The van der Waals surface area contributed by atoms with Crippen molar-refractivity contribution in [3.05, 3.63) is 35.9 Å². The summed E-state index contributed by atoms with van der Waals surface area (Å²) in [6.07, 6.45) is -5.81. The van der Waals surface area contributed by atoms with Gasteiger partial charge in [-0.3, -0.25) is 4.79 Å². The molecule has 0 aliphatic carbocycles. The maximum atomic E-state index is 12.5.